The zero-order chi connectivity index (χ0) is 16.0. The molecule has 0 saturated heterocycles. The van der Waals surface area contributed by atoms with Crippen LogP contribution in [0.25, 0.3) is 0 Å². The Bertz CT molecular complexity index is 513. The Labute approximate surface area is 135 Å². The highest BCUT2D eigenvalue weighted by molar-refractivity contribution is 6.73. The summed E-state index contributed by atoms with van der Waals surface area (Å²) in [5.74, 6) is 1.72. The molecule has 0 unspecified atom stereocenters. The van der Waals surface area contributed by atoms with E-state index < -0.39 is 8.32 Å². The van der Waals surface area contributed by atoms with Crippen LogP contribution in [0.5, 0.6) is 11.5 Å². The number of allylic oxidation sites excluding steroid dienone is 1. The van der Waals surface area contributed by atoms with Crippen molar-refractivity contribution in [1.82, 2.24) is 0 Å². The average molecular weight is 321 g/mol. The molecule has 0 N–H and O–H groups in total. The summed E-state index contributed by atoms with van der Waals surface area (Å²) in [6.07, 6.45) is 4.04. The van der Waals surface area contributed by atoms with Crippen molar-refractivity contribution in [2.45, 2.75) is 58.7 Å². The van der Waals surface area contributed by atoms with Gasteiger partial charge in [-0.1, -0.05) is 26.8 Å². The van der Waals surface area contributed by atoms with E-state index in [2.05, 4.69) is 39.8 Å². The molecule has 4 heteroatoms. The summed E-state index contributed by atoms with van der Waals surface area (Å²) in [7, 11) is -1.52. The zero-order valence-corrected chi connectivity index (χ0v) is 15.3. The van der Waals surface area contributed by atoms with Crippen LogP contribution in [0.15, 0.2) is 30.0 Å². The van der Waals surface area contributed by atoms with Crippen molar-refractivity contribution in [1.29, 1.82) is 0 Å². The third-order valence-corrected chi connectivity index (χ3v) is 9.17. The van der Waals surface area contributed by atoms with Crippen LogP contribution in [-0.2, 0) is 10.8 Å². The molecule has 0 bridgehead atoms. The van der Waals surface area contributed by atoms with Crippen LogP contribution >= 0.6 is 0 Å². The third-order valence-electron chi connectivity index (χ3n) is 4.69. The SMILES string of the molecule is CC[Si](CC)(CC)O/C=C(\C)CCc1ccc2c(c1)OCO2. The predicted octanol–water partition coefficient (Wildman–Crippen LogP) is 5.27. The highest BCUT2D eigenvalue weighted by atomic mass is 28.4. The number of benzene rings is 1. The molecule has 0 amide bonds. The lowest BCUT2D eigenvalue weighted by molar-refractivity contribution is 0.174. The number of ether oxygens (including phenoxy) is 2. The van der Waals surface area contributed by atoms with Crippen molar-refractivity contribution in [3.8, 4) is 11.5 Å². The average Bonchev–Trinajstić information content (AvgIpc) is 3.02. The summed E-state index contributed by atoms with van der Waals surface area (Å²) >= 11 is 0. The Balaban J connectivity index is 1.89. The maximum absolute atomic E-state index is 6.23. The molecule has 22 heavy (non-hydrogen) atoms. The number of hydrogen-bond acceptors (Lipinski definition) is 3. The van der Waals surface area contributed by atoms with Gasteiger partial charge in [0.15, 0.2) is 11.5 Å². The fraction of sp³-hybridized carbons (Fsp3) is 0.556. The summed E-state index contributed by atoms with van der Waals surface area (Å²) in [6, 6.07) is 9.75. The summed E-state index contributed by atoms with van der Waals surface area (Å²) in [5, 5.41) is 0. The first-order chi connectivity index (χ1) is 10.6. The largest absolute Gasteiger partial charge is 0.549 e. The van der Waals surface area contributed by atoms with Gasteiger partial charge in [0.25, 0.3) is 0 Å². The molecule has 122 valence electrons. The molecule has 0 spiro atoms. The van der Waals surface area contributed by atoms with Gasteiger partial charge in [0.05, 0.1) is 6.26 Å². The van der Waals surface area contributed by atoms with Crippen molar-refractivity contribution < 1.29 is 13.9 Å². The number of hydrogen-bond donors (Lipinski definition) is 0. The molecule has 0 radical (unpaired) electrons. The lowest BCUT2D eigenvalue weighted by atomic mass is 10.1. The van der Waals surface area contributed by atoms with Crippen molar-refractivity contribution in [2.75, 3.05) is 6.79 Å². The highest BCUT2D eigenvalue weighted by Crippen LogP contribution is 2.33. The second-order valence-electron chi connectivity index (χ2n) is 6.01. The normalized spacial score (nSPS) is 14.3. The van der Waals surface area contributed by atoms with Crippen LogP contribution in [0.1, 0.15) is 39.7 Å². The van der Waals surface area contributed by atoms with Crippen molar-refractivity contribution in [2.24, 2.45) is 0 Å². The minimum absolute atomic E-state index is 0.337. The fourth-order valence-electron chi connectivity index (χ4n) is 2.72. The summed E-state index contributed by atoms with van der Waals surface area (Å²) < 4.78 is 17.0. The van der Waals surface area contributed by atoms with Gasteiger partial charge in [0.1, 0.15) is 0 Å². The molecule has 1 aliphatic heterocycles. The summed E-state index contributed by atoms with van der Waals surface area (Å²) in [5.41, 5.74) is 2.59. The van der Waals surface area contributed by atoms with Gasteiger partial charge in [-0.05, 0) is 61.2 Å². The smallest absolute Gasteiger partial charge is 0.249 e. The standard InChI is InChI=1S/C18H28O3Si/c1-5-22(6-2,7-3)21-13-15(4)8-9-16-10-11-17-18(12-16)20-14-19-17/h10-13H,5-9,14H2,1-4H3/b15-13+. The molecule has 0 atom stereocenters. The van der Waals surface area contributed by atoms with Gasteiger partial charge in [0.2, 0.25) is 15.1 Å². The topological polar surface area (TPSA) is 27.7 Å². The van der Waals surface area contributed by atoms with Crippen molar-refractivity contribution >= 4 is 8.32 Å². The Morgan fingerprint density at radius 3 is 2.50 bits per heavy atom. The van der Waals surface area contributed by atoms with Crippen molar-refractivity contribution in [3.05, 3.63) is 35.6 Å². The zero-order valence-electron chi connectivity index (χ0n) is 14.3. The van der Waals surface area contributed by atoms with Crippen LogP contribution in [0.3, 0.4) is 0 Å². The summed E-state index contributed by atoms with van der Waals surface area (Å²) in [4.78, 5) is 0. The van der Waals surface area contributed by atoms with Crippen LogP contribution < -0.4 is 9.47 Å². The van der Waals surface area contributed by atoms with Crippen molar-refractivity contribution in [3.63, 3.8) is 0 Å². The lowest BCUT2D eigenvalue weighted by Gasteiger charge is -2.27. The number of rotatable bonds is 8. The van der Waals surface area contributed by atoms with Gasteiger partial charge in [-0.3, -0.25) is 0 Å². The van der Waals surface area contributed by atoms with E-state index in [1.807, 2.05) is 12.3 Å². The fourth-order valence-corrected chi connectivity index (χ4v) is 5.17. The summed E-state index contributed by atoms with van der Waals surface area (Å²) in [6.45, 7) is 9.27. The Morgan fingerprint density at radius 1 is 1.14 bits per heavy atom. The van der Waals surface area contributed by atoms with E-state index in [-0.39, 0.29) is 0 Å². The molecular weight excluding hydrogens is 292 g/mol. The maximum Gasteiger partial charge on any atom is 0.249 e. The second kappa shape index (κ2) is 7.72. The number of aryl methyl sites for hydroxylation is 1. The molecule has 0 aromatic heterocycles. The Morgan fingerprint density at radius 2 is 1.82 bits per heavy atom. The van der Waals surface area contributed by atoms with E-state index >= 15 is 0 Å². The molecule has 1 aromatic rings. The quantitative estimate of drug-likeness (QED) is 0.482. The Kier molecular flexibility index (Phi) is 5.95. The van der Waals surface area contributed by atoms with E-state index in [0.29, 0.717) is 6.79 Å². The van der Waals surface area contributed by atoms with Gasteiger partial charge in [-0.2, -0.15) is 0 Å². The third kappa shape index (κ3) is 4.06. The van der Waals surface area contributed by atoms with E-state index in [1.54, 1.807) is 0 Å². The van der Waals surface area contributed by atoms with Crippen LogP contribution in [0, 0.1) is 0 Å². The predicted molar refractivity (Wildman–Crippen MR) is 92.9 cm³/mol. The maximum atomic E-state index is 6.23. The number of fused-ring (bicyclic) bond motifs is 1. The first-order valence-corrected chi connectivity index (χ1v) is 10.9. The second-order valence-corrected chi connectivity index (χ2v) is 10.7. The monoisotopic (exact) mass is 320 g/mol. The molecule has 1 heterocycles. The van der Waals surface area contributed by atoms with Gasteiger partial charge in [0, 0.05) is 0 Å². The first kappa shape index (κ1) is 16.9. The first-order valence-electron chi connectivity index (χ1n) is 8.34. The van der Waals surface area contributed by atoms with Crippen LogP contribution in [0.2, 0.25) is 18.1 Å². The molecule has 0 saturated carbocycles. The molecule has 3 nitrogen and oxygen atoms in total. The van der Waals surface area contributed by atoms with Crippen LogP contribution in [-0.4, -0.2) is 15.1 Å². The minimum Gasteiger partial charge on any atom is -0.549 e. The molecule has 0 fully saturated rings. The van der Waals surface area contributed by atoms with Gasteiger partial charge < -0.3 is 13.9 Å². The van der Waals surface area contributed by atoms with E-state index in [1.165, 1.54) is 29.3 Å². The molecular formula is C18H28O3Si. The highest BCUT2D eigenvalue weighted by Gasteiger charge is 2.29. The van der Waals surface area contributed by atoms with Crippen LogP contribution in [0.4, 0.5) is 0 Å². The molecule has 1 aromatic carbocycles. The van der Waals surface area contributed by atoms with Gasteiger partial charge in [-0.15, -0.1) is 0 Å². The van der Waals surface area contributed by atoms with E-state index in [0.717, 1.165) is 24.3 Å². The van der Waals surface area contributed by atoms with E-state index in [9.17, 15) is 0 Å². The minimum atomic E-state index is -1.52. The molecule has 2 rings (SSSR count). The van der Waals surface area contributed by atoms with Gasteiger partial charge in [-0.25, -0.2) is 0 Å². The Hall–Kier alpha value is -1.42. The van der Waals surface area contributed by atoms with E-state index in [4.69, 9.17) is 13.9 Å². The molecule has 0 aliphatic carbocycles. The van der Waals surface area contributed by atoms with Gasteiger partial charge >= 0.3 is 0 Å². The molecule has 1 aliphatic rings. The lowest BCUT2D eigenvalue weighted by Crippen LogP contribution is -2.33.